The zero-order valence-corrected chi connectivity index (χ0v) is 19.1. The highest BCUT2D eigenvalue weighted by Crippen LogP contribution is 2.21. The highest BCUT2D eigenvalue weighted by atomic mass is 32.1. The standard InChI is InChI=1S/C22H24N6O4S/c1-2-8-27-21(31)19-15(7-14-33-19)28-17(23-24-22(27)28)5-6-18(29)25-9-11-26(12-10-25)20(30)16-4-3-13-32-16/h3-4,7,13-14H,2,5-6,8-12H2,1H3. The van der Waals surface area contributed by atoms with Crippen LogP contribution in [0.1, 0.15) is 36.1 Å². The number of carbonyl (C=O) groups excluding carboxylic acids is 2. The van der Waals surface area contributed by atoms with Crippen molar-refractivity contribution in [2.75, 3.05) is 26.2 Å². The van der Waals surface area contributed by atoms with Crippen molar-refractivity contribution in [2.24, 2.45) is 0 Å². The lowest BCUT2D eigenvalue weighted by Gasteiger charge is -2.34. The molecule has 172 valence electrons. The number of nitrogens with zero attached hydrogens (tertiary/aromatic N) is 6. The van der Waals surface area contributed by atoms with E-state index in [9.17, 15) is 14.4 Å². The van der Waals surface area contributed by atoms with Crippen LogP contribution in [0.4, 0.5) is 0 Å². The fraction of sp³-hybridized carbons (Fsp3) is 0.409. The molecule has 0 N–H and O–H groups in total. The smallest absolute Gasteiger partial charge is 0.289 e. The van der Waals surface area contributed by atoms with Crippen molar-refractivity contribution in [3.63, 3.8) is 0 Å². The van der Waals surface area contributed by atoms with Crippen LogP contribution in [-0.2, 0) is 17.8 Å². The molecule has 11 heteroatoms. The van der Waals surface area contributed by atoms with Gasteiger partial charge in [-0.05, 0) is 30.0 Å². The van der Waals surface area contributed by atoms with E-state index in [0.717, 1.165) is 11.9 Å². The molecule has 1 fully saturated rings. The third-order valence-corrected chi connectivity index (χ3v) is 6.83. The molecule has 5 heterocycles. The second kappa shape index (κ2) is 8.81. The van der Waals surface area contributed by atoms with E-state index in [1.807, 2.05) is 22.8 Å². The van der Waals surface area contributed by atoms with Crippen LogP contribution in [0.3, 0.4) is 0 Å². The van der Waals surface area contributed by atoms with Gasteiger partial charge in [0.2, 0.25) is 11.7 Å². The number of hydrogen-bond acceptors (Lipinski definition) is 7. The van der Waals surface area contributed by atoms with E-state index in [2.05, 4.69) is 10.2 Å². The monoisotopic (exact) mass is 468 g/mol. The van der Waals surface area contributed by atoms with Gasteiger partial charge in [0.1, 0.15) is 10.5 Å². The minimum absolute atomic E-state index is 0.0142. The topological polar surface area (TPSA) is 106 Å². The molecule has 0 saturated carbocycles. The first-order chi connectivity index (χ1) is 16.1. The van der Waals surface area contributed by atoms with Gasteiger partial charge in [0.25, 0.3) is 11.5 Å². The number of amides is 2. The van der Waals surface area contributed by atoms with Crippen molar-refractivity contribution < 1.29 is 14.0 Å². The van der Waals surface area contributed by atoms with Gasteiger partial charge in [0, 0.05) is 45.6 Å². The van der Waals surface area contributed by atoms with Gasteiger partial charge in [0.05, 0.1) is 11.8 Å². The van der Waals surface area contributed by atoms with Crippen molar-refractivity contribution in [3.05, 3.63) is 51.8 Å². The van der Waals surface area contributed by atoms with Gasteiger partial charge in [0.15, 0.2) is 5.76 Å². The lowest BCUT2D eigenvalue weighted by atomic mass is 10.2. The fourth-order valence-electron chi connectivity index (χ4n) is 4.26. The molecule has 0 aromatic carbocycles. The van der Waals surface area contributed by atoms with Crippen LogP contribution in [0.25, 0.3) is 16.0 Å². The summed E-state index contributed by atoms with van der Waals surface area (Å²) >= 11 is 1.41. The normalized spacial score (nSPS) is 14.5. The van der Waals surface area contributed by atoms with Gasteiger partial charge in [-0.3, -0.25) is 23.4 Å². The average Bonchev–Trinajstić information content (AvgIpc) is 3.60. The summed E-state index contributed by atoms with van der Waals surface area (Å²) in [6.45, 7) is 4.48. The van der Waals surface area contributed by atoms with Crippen LogP contribution in [0.5, 0.6) is 0 Å². The van der Waals surface area contributed by atoms with E-state index in [-0.39, 0.29) is 23.8 Å². The third-order valence-electron chi connectivity index (χ3n) is 5.94. The van der Waals surface area contributed by atoms with Gasteiger partial charge in [-0.25, -0.2) is 0 Å². The Balaban J connectivity index is 1.28. The second-order valence-corrected chi connectivity index (χ2v) is 8.91. The van der Waals surface area contributed by atoms with Crippen molar-refractivity contribution in [3.8, 4) is 0 Å². The number of aryl methyl sites for hydroxylation is 2. The molecule has 33 heavy (non-hydrogen) atoms. The van der Waals surface area contributed by atoms with E-state index >= 15 is 0 Å². The number of fused-ring (bicyclic) bond motifs is 3. The van der Waals surface area contributed by atoms with Gasteiger partial charge in [-0.1, -0.05) is 6.92 Å². The highest BCUT2D eigenvalue weighted by molar-refractivity contribution is 7.17. The van der Waals surface area contributed by atoms with Crippen LogP contribution in [0.2, 0.25) is 0 Å². The SMILES string of the molecule is CCCn1c(=O)c2sccc2n2c(CCC(=O)N3CCN(C(=O)c4ccco4)CC3)nnc12. The van der Waals surface area contributed by atoms with Crippen molar-refractivity contribution >= 4 is 39.1 Å². The van der Waals surface area contributed by atoms with Crippen LogP contribution < -0.4 is 5.56 Å². The van der Waals surface area contributed by atoms with Crippen LogP contribution in [0, 0.1) is 0 Å². The fourth-order valence-corrected chi connectivity index (χ4v) is 5.08. The van der Waals surface area contributed by atoms with Crippen molar-refractivity contribution in [2.45, 2.75) is 32.7 Å². The molecular weight excluding hydrogens is 444 g/mol. The highest BCUT2D eigenvalue weighted by Gasteiger charge is 2.26. The number of piperazine rings is 1. The van der Waals surface area contributed by atoms with Gasteiger partial charge in [-0.15, -0.1) is 21.5 Å². The summed E-state index contributed by atoms with van der Waals surface area (Å²) in [5.74, 6) is 1.36. The predicted molar refractivity (Wildman–Crippen MR) is 122 cm³/mol. The lowest BCUT2D eigenvalue weighted by molar-refractivity contribution is -0.132. The van der Waals surface area contributed by atoms with Gasteiger partial charge < -0.3 is 14.2 Å². The molecule has 10 nitrogen and oxygen atoms in total. The Morgan fingerprint density at radius 3 is 2.64 bits per heavy atom. The third kappa shape index (κ3) is 3.82. The number of hydrogen-bond donors (Lipinski definition) is 0. The van der Waals surface area contributed by atoms with E-state index in [1.165, 1.54) is 17.6 Å². The Morgan fingerprint density at radius 1 is 1.12 bits per heavy atom. The molecule has 4 aromatic rings. The van der Waals surface area contributed by atoms with Crippen molar-refractivity contribution in [1.82, 2.24) is 29.0 Å². The number of carbonyl (C=O) groups is 2. The summed E-state index contributed by atoms with van der Waals surface area (Å²) in [6.07, 6.45) is 2.99. The number of rotatable bonds is 6. The quantitative estimate of drug-likeness (QED) is 0.429. The average molecular weight is 469 g/mol. The largest absolute Gasteiger partial charge is 0.459 e. The first-order valence-corrected chi connectivity index (χ1v) is 11.9. The number of furan rings is 1. The van der Waals surface area contributed by atoms with E-state index in [1.54, 1.807) is 26.5 Å². The molecule has 2 amide bonds. The maximum absolute atomic E-state index is 12.9. The molecule has 1 saturated heterocycles. The summed E-state index contributed by atoms with van der Waals surface area (Å²) in [5.41, 5.74) is 0.733. The molecule has 0 atom stereocenters. The van der Waals surface area contributed by atoms with Gasteiger partial charge in [-0.2, -0.15) is 0 Å². The summed E-state index contributed by atoms with van der Waals surface area (Å²) in [4.78, 5) is 41.6. The summed E-state index contributed by atoms with van der Waals surface area (Å²) < 4.78 is 9.41. The molecule has 1 aliphatic heterocycles. The maximum Gasteiger partial charge on any atom is 0.289 e. The Morgan fingerprint density at radius 2 is 1.91 bits per heavy atom. The minimum Gasteiger partial charge on any atom is -0.459 e. The molecule has 5 rings (SSSR count). The molecular formula is C22H24N6O4S. The maximum atomic E-state index is 12.9. The summed E-state index contributed by atoms with van der Waals surface area (Å²) in [7, 11) is 0. The van der Waals surface area contributed by atoms with E-state index in [0.29, 0.717) is 61.2 Å². The molecule has 4 aromatic heterocycles. The zero-order chi connectivity index (χ0) is 22.9. The molecule has 0 aliphatic carbocycles. The molecule has 1 aliphatic rings. The Bertz CT molecular complexity index is 1360. The Hall–Kier alpha value is -3.47. The zero-order valence-electron chi connectivity index (χ0n) is 18.3. The van der Waals surface area contributed by atoms with Crippen molar-refractivity contribution in [1.29, 1.82) is 0 Å². The van der Waals surface area contributed by atoms with Gasteiger partial charge >= 0.3 is 0 Å². The molecule has 0 unspecified atom stereocenters. The van der Waals surface area contributed by atoms with Crippen LogP contribution >= 0.6 is 11.3 Å². The minimum atomic E-state index is -0.153. The van der Waals surface area contributed by atoms with Crippen LogP contribution in [0.15, 0.2) is 39.1 Å². The number of thiophene rings is 1. The Kier molecular flexibility index (Phi) is 5.71. The predicted octanol–water partition coefficient (Wildman–Crippen LogP) is 2.03. The lowest BCUT2D eigenvalue weighted by Crippen LogP contribution is -2.50. The number of aromatic nitrogens is 4. The van der Waals surface area contributed by atoms with Crippen LogP contribution in [-0.4, -0.2) is 67.0 Å². The molecule has 0 bridgehead atoms. The summed E-state index contributed by atoms with van der Waals surface area (Å²) in [6, 6.07) is 5.23. The second-order valence-electron chi connectivity index (χ2n) is 7.99. The first-order valence-electron chi connectivity index (χ1n) is 11.0. The first kappa shape index (κ1) is 21.4. The molecule has 0 spiro atoms. The Labute approximate surface area is 193 Å². The van der Waals surface area contributed by atoms with E-state index in [4.69, 9.17) is 4.42 Å². The molecule has 0 radical (unpaired) electrons. The summed E-state index contributed by atoms with van der Waals surface area (Å²) in [5, 5.41) is 10.5. The van der Waals surface area contributed by atoms with E-state index < -0.39 is 0 Å².